The van der Waals surface area contributed by atoms with Crippen LogP contribution in [0.1, 0.15) is 29.8 Å². The van der Waals surface area contributed by atoms with E-state index in [1.54, 1.807) is 18.3 Å². The summed E-state index contributed by atoms with van der Waals surface area (Å²) in [7, 11) is 0. The zero-order valence-electron chi connectivity index (χ0n) is 15.1. The molecule has 0 saturated carbocycles. The van der Waals surface area contributed by atoms with Gasteiger partial charge in [-0.2, -0.15) is 0 Å². The van der Waals surface area contributed by atoms with E-state index in [1.807, 2.05) is 0 Å². The Balaban J connectivity index is 1.34. The minimum absolute atomic E-state index is 0.237. The van der Waals surface area contributed by atoms with Crippen molar-refractivity contribution in [3.05, 3.63) is 48.0 Å². The van der Waals surface area contributed by atoms with Gasteiger partial charge in [-0.15, -0.1) is 0 Å². The van der Waals surface area contributed by atoms with Crippen molar-refractivity contribution in [2.45, 2.75) is 25.3 Å². The van der Waals surface area contributed by atoms with Crippen LogP contribution < -0.4 is 20.7 Å². The Morgan fingerprint density at radius 1 is 1.26 bits per heavy atom. The Morgan fingerprint density at radius 2 is 2.00 bits per heavy atom. The number of piperidine rings is 1. The number of anilines is 1. The highest BCUT2D eigenvalue weighted by atomic mass is 19.1. The molecule has 2 heterocycles. The SMILES string of the molecule is NC(=O)c1ccnc(N2CCC(NCCCOc3ccc(F)cc3)CC2)n1. The summed E-state index contributed by atoms with van der Waals surface area (Å²) in [6, 6.07) is 8.01. The molecule has 0 aliphatic carbocycles. The van der Waals surface area contributed by atoms with Gasteiger partial charge >= 0.3 is 0 Å². The maximum absolute atomic E-state index is 12.8. The third-order valence-corrected chi connectivity index (χ3v) is 4.51. The molecule has 7 nitrogen and oxygen atoms in total. The average molecular weight is 373 g/mol. The molecule has 1 saturated heterocycles. The molecule has 1 aliphatic rings. The van der Waals surface area contributed by atoms with Crippen molar-refractivity contribution in [3.63, 3.8) is 0 Å². The first-order valence-corrected chi connectivity index (χ1v) is 9.11. The minimum Gasteiger partial charge on any atom is -0.494 e. The molecule has 3 N–H and O–H groups in total. The number of hydrogen-bond acceptors (Lipinski definition) is 6. The number of benzene rings is 1. The van der Waals surface area contributed by atoms with Crippen LogP contribution in [-0.4, -0.2) is 48.2 Å². The molecular formula is C19H24FN5O2. The Bertz CT molecular complexity index is 748. The summed E-state index contributed by atoms with van der Waals surface area (Å²) < 4.78 is 18.4. The normalized spacial score (nSPS) is 14.9. The second-order valence-corrected chi connectivity index (χ2v) is 6.48. The van der Waals surface area contributed by atoms with Gasteiger partial charge in [-0.1, -0.05) is 0 Å². The van der Waals surface area contributed by atoms with E-state index in [0.717, 1.165) is 38.9 Å². The molecule has 0 unspecified atom stereocenters. The lowest BCUT2D eigenvalue weighted by molar-refractivity contribution is 0.0995. The first kappa shape index (κ1) is 19.0. The fourth-order valence-corrected chi connectivity index (χ4v) is 3.02. The number of aromatic nitrogens is 2. The zero-order valence-corrected chi connectivity index (χ0v) is 15.1. The zero-order chi connectivity index (χ0) is 19.1. The standard InChI is InChI=1S/C19H24FN5O2/c20-14-2-4-16(5-3-14)27-13-1-9-22-15-7-11-25(12-8-15)19-23-10-6-17(24-19)18(21)26/h2-6,10,15,22H,1,7-9,11-13H2,(H2,21,26). The molecule has 0 bridgehead atoms. The van der Waals surface area contributed by atoms with Crippen LogP contribution in [0.3, 0.4) is 0 Å². The molecule has 144 valence electrons. The molecule has 1 aliphatic heterocycles. The summed E-state index contributed by atoms with van der Waals surface area (Å²) in [4.78, 5) is 21.8. The molecule has 1 aromatic carbocycles. The molecule has 0 radical (unpaired) electrons. The van der Waals surface area contributed by atoms with E-state index in [0.29, 0.717) is 24.3 Å². The van der Waals surface area contributed by atoms with Crippen LogP contribution in [0.5, 0.6) is 5.75 Å². The molecule has 27 heavy (non-hydrogen) atoms. The van der Waals surface area contributed by atoms with Crippen LogP contribution in [0.25, 0.3) is 0 Å². The first-order valence-electron chi connectivity index (χ1n) is 9.11. The molecule has 1 fully saturated rings. The monoisotopic (exact) mass is 373 g/mol. The van der Waals surface area contributed by atoms with Crippen molar-refractivity contribution in [2.75, 3.05) is 31.1 Å². The maximum atomic E-state index is 12.8. The van der Waals surface area contributed by atoms with Crippen LogP contribution in [-0.2, 0) is 0 Å². The number of hydrogen-bond donors (Lipinski definition) is 2. The summed E-state index contributed by atoms with van der Waals surface area (Å²) in [6.07, 6.45) is 4.39. The molecule has 2 aromatic rings. The highest BCUT2D eigenvalue weighted by Crippen LogP contribution is 2.16. The number of nitrogens with zero attached hydrogens (tertiary/aromatic N) is 3. The lowest BCUT2D eigenvalue weighted by Gasteiger charge is -2.32. The summed E-state index contributed by atoms with van der Waals surface area (Å²) in [5.41, 5.74) is 5.51. The first-order chi connectivity index (χ1) is 13.1. The molecule has 1 amide bonds. The smallest absolute Gasteiger partial charge is 0.267 e. The van der Waals surface area contributed by atoms with Crippen molar-refractivity contribution in [1.29, 1.82) is 0 Å². The molecule has 1 aromatic heterocycles. The number of nitrogens with one attached hydrogen (secondary N) is 1. The van der Waals surface area contributed by atoms with Gasteiger partial charge in [-0.05, 0) is 56.1 Å². The number of amides is 1. The van der Waals surface area contributed by atoms with Crippen LogP contribution in [0, 0.1) is 5.82 Å². The topological polar surface area (TPSA) is 93.4 Å². The van der Waals surface area contributed by atoms with E-state index < -0.39 is 5.91 Å². The summed E-state index contributed by atoms with van der Waals surface area (Å²) in [5.74, 6) is 0.431. The van der Waals surface area contributed by atoms with E-state index in [1.165, 1.54) is 18.2 Å². The van der Waals surface area contributed by atoms with Gasteiger partial charge in [-0.25, -0.2) is 14.4 Å². The summed E-state index contributed by atoms with van der Waals surface area (Å²) >= 11 is 0. The minimum atomic E-state index is -0.543. The van der Waals surface area contributed by atoms with Crippen molar-refractivity contribution in [3.8, 4) is 5.75 Å². The van der Waals surface area contributed by atoms with Crippen molar-refractivity contribution in [1.82, 2.24) is 15.3 Å². The highest BCUT2D eigenvalue weighted by Gasteiger charge is 2.21. The summed E-state index contributed by atoms with van der Waals surface area (Å²) in [6.45, 7) is 3.10. The molecule has 8 heteroatoms. The Morgan fingerprint density at radius 3 is 2.70 bits per heavy atom. The van der Waals surface area contributed by atoms with Crippen LogP contribution >= 0.6 is 0 Å². The number of ether oxygens (including phenoxy) is 1. The number of carbonyl (C=O) groups excluding carboxylic acids is 1. The third-order valence-electron chi connectivity index (χ3n) is 4.51. The van der Waals surface area contributed by atoms with Crippen LogP contribution in [0.2, 0.25) is 0 Å². The van der Waals surface area contributed by atoms with Gasteiger partial charge in [-0.3, -0.25) is 4.79 Å². The molecule has 0 spiro atoms. The van der Waals surface area contributed by atoms with Gasteiger partial charge in [0.05, 0.1) is 6.61 Å². The van der Waals surface area contributed by atoms with E-state index in [-0.39, 0.29) is 11.5 Å². The predicted molar refractivity (Wildman–Crippen MR) is 100 cm³/mol. The number of carbonyl (C=O) groups is 1. The molecular weight excluding hydrogens is 349 g/mol. The van der Waals surface area contributed by atoms with Crippen LogP contribution in [0.15, 0.2) is 36.5 Å². The molecule has 0 atom stereocenters. The Kier molecular flexibility index (Phi) is 6.54. The van der Waals surface area contributed by atoms with Crippen molar-refractivity contribution < 1.29 is 13.9 Å². The van der Waals surface area contributed by atoms with Crippen LogP contribution in [0.4, 0.5) is 10.3 Å². The fourth-order valence-electron chi connectivity index (χ4n) is 3.02. The number of rotatable bonds is 8. The van der Waals surface area contributed by atoms with Gasteiger partial charge in [0, 0.05) is 25.3 Å². The Labute approximate surface area is 157 Å². The van der Waals surface area contributed by atoms with Crippen molar-refractivity contribution >= 4 is 11.9 Å². The highest BCUT2D eigenvalue weighted by molar-refractivity contribution is 5.90. The second kappa shape index (κ2) is 9.27. The van der Waals surface area contributed by atoms with Gasteiger partial charge in [0.2, 0.25) is 5.95 Å². The fraction of sp³-hybridized carbons (Fsp3) is 0.421. The number of nitrogens with two attached hydrogens (primary N) is 1. The van der Waals surface area contributed by atoms with Gasteiger partial charge in [0.1, 0.15) is 17.3 Å². The van der Waals surface area contributed by atoms with E-state index >= 15 is 0 Å². The van der Waals surface area contributed by atoms with Gasteiger partial charge in [0.15, 0.2) is 0 Å². The third kappa shape index (κ3) is 5.62. The van der Waals surface area contributed by atoms with Gasteiger partial charge in [0.25, 0.3) is 5.91 Å². The van der Waals surface area contributed by atoms with E-state index in [2.05, 4.69) is 20.2 Å². The second-order valence-electron chi connectivity index (χ2n) is 6.48. The molecule has 3 rings (SSSR count). The van der Waals surface area contributed by atoms with Gasteiger partial charge < -0.3 is 20.7 Å². The average Bonchev–Trinajstić information content (AvgIpc) is 2.70. The maximum Gasteiger partial charge on any atom is 0.267 e. The lowest BCUT2D eigenvalue weighted by atomic mass is 10.1. The number of primary amides is 1. The van der Waals surface area contributed by atoms with Crippen molar-refractivity contribution in [2.24, 2.45) is 5.73 Å². The lowest BCUT2D eigenvalue weighted by Crippen LogP contribution is -2.43. The quantitative estimate of drug-likeness (QED) is 0.685. The number of halogens is 1. The largest absolute Gasteiger partial charge is 0.494 e. The summed E-state index contributed by atoms with van der Waals surface area (Å²) in [5, 5.41) is 3.54. The Hall–Kier alpha value is -2.74. The predicted octanol–water partition coefficient (Wildman–Crippen LogP) is 1.74. The van der Waals surface area contributed by atoms with E-state index in [4.69, 9.17) is 10.5 Å². The van der Waals surface area contributed by atoms with E-state index in [9.17, 15) is 9.18 Å².